The van der Waals surface area contributed by atoms with E-state index in [0.717, 1.165) is 31.8 Å². The number of hydrogen-bond acceptors (Lipinski definition) is 4. The van der Waals surface area contributed by atoms with E-state index in [9.17, 15) is 4.79 Å². The molecule has 1 saturated carbocycles. The van der Waals surface area contributed by atoms with Crippen LogP contribution in [-0.2, 0) is 16.1 Å². The molecule has 2 aliphatic rings. The van der Waals surface area contributed by atoms with E-state index >= 15 is 0 Å². The topological polar surface area (TPSA) is 50.8 Å². The molecule has 0 bridgehead atoms. The number of nitrogens with one attached hydrogen (secondary N) is 1. The molecule has 0 unspecified atom stereocenters. The molecular formula is C23H36N2O3. The third-order valence-electron chi connectivity index (χ3n) is 6.08. The number of piperidine rings is 1. The fraction of sp³-hybridized carbons (Fsp3) is 0.696. The van der Waals surface area contributed by atoms with Gasteiger partial charge in [-0.05, 0) is 70.0 Å². The second-order valence-corrected chi connectivity index (χ2v) is 8.23. The average Bonchev–Trinajstić information content (AvgIpc) is 3.22. The Kier molecular flexibility index (Phi) is 8.62. The zero-order chi connectivity index (χ0) is 19.6. The summed E-state index contributed by atoms with van der Waals surface area (Å²) in [7, 11) is 1.65. The van der Waals surface area contributed by atoms with Crippen LogP contribution in [0.5, 0.6) is 5.75 Å². The van der Waals surface area contributed by atoms with Crippen LogP contribution in [0.25, 0.3) is 0 Å². The van der Waals surface area contributed by atoms with Crippen molar-refractivity contribution in [3.63, 3.8) is 0 Å². The lowest BCUT2D eigenvalue weighted by Gasteiger charge is -2.32. The molecule has 1 aromatic rings. The Hall–Kier alpha value is -1.59. The van der Waals surface area contributed by atoms with Gasteiger partial charge in [0, 0.05) is 32.2 Å². The van der Waals surface area contributed by atoms with Crippen LogP contribution in [0.1, 0.15) is 56.9 Å². The number of benzene rings is 1. The van der Waals surface area contributed by atoms with E-state index in [4.69, 9.17) is 9.47 Å². The largest absolute Gasteiger partial charge is 0.490 e. The second-order valence-electron chi connectivity index (χ2n) is 8.23. The van der Waals surface area contributed by atoms with Crippen LogP contribution in [0.2, 0.25) is 0 Å². The molecule has 0 aromatic heterocycles. The Balaban J connectivity index is 1.39. The predicted octanol–water partition coefficient (Wildman–Crippen LogP) is 3.76. The van der Waals surface area contributed by atoms with Gasteiger partial charge < -0.3 is 14.8 Å². The van der Waals surface area contributed by atoms with Gasteiger partial charge in [0.1, 0.15) is 5.75 Å². The number of ether oxygens (including phenoxy) is 2. The van der Waals surface area contributed by atoms with Crippen molar-refractivity contribution in [2.75, 3.05) is 33.4 Å². The highest BCUT2D eigenvalue weighted by Crippen LogP contribution is 2.29. The van der Waals surface area contributed by atoms with Gasteiger partial charge in [-0.15, -0.1) is 0 Å². The van der Waals surface area contributed by atoms with Gasteiger partial charge >= 0.3 is 0 Å². The minimum absolute atomic E-state index is 0.150. The Morgan fingerprint density at radius 2 is 1.89 bits per heavy atom. The van der Waals surface area contributed by atoms with Crippen molar-refractivity contribution in [3.05, 3.63) is 29.8 Å². The normalized spacial score (nSPS) is 19.0. The molecule has 1 heterocycles. The third kappa shape index (κ3) is 6.78. The van der Waals surface area contributed by atoms with Crippen molar-refractivity contribution < 1.29 is 14.3 Å². The lowest BCUT2D eigenvalue weighted by molar-refractivity contribution is -0.121. The van der Waals surface area contributed by atoms with E-state index in [1.165, 1.54) is 44.1 Å². The molecule has 1 amide bonds. The van der Waals surface area contributed by atoms with Gasteiger partial charge in [-0.25, -0.2) is 0 Å². The van der Waals surface area contributed by atoms with E-state index in [1.54, 1.807) is 7.11 Å². The fourth-order valence-corrected chi connectivity index (χ4v) is 4.33. The van der Waals surface area contributed by atoms with Crippen molar-refractivity contribution in [1.82, 2.24) is 10.2 Å². The van der Waals surface area contributed by atoms with Gasteiger partial charge in [-0.2, -0.15) is 0 Å². The molecule has 3 rings (SSSR count). The summed E-state index contributed by atoms with van der Waals surface area (Å²) in [5, 5.41) is 2.91. The first-order chi connectivity index (χ1) is 13.7. The first-order valence-corrected chi connectivity index (χ1v) is 11.0. The lowest BCUT2D eigenvalue weighted by atomic mass is 9.92. The summed E-state index contributed by atoms with van der Waals surface area (Å²) in [6.07, 6.45) is 9.36. The number of amides is 1. The summed E-state index contributed by atoms with van der Waals surface area (Å²) in [5.74, 6) is 1.89. The quantitative estimate of drug-likeness (QED) is 0.620. The van der Waals surface area contributed by atoms with Crippen LogP contribution in [-0.4, -0.2) is 50.3 Å². The van der Waals surface area contributed by atoms with E-state index in [2.05, 4.69) is 34.5 Å². The second kappa shape index (κ2) is 11.4. The summed E-state index contributed by atoms with van der Waals surface area (Å²) < 4.78 is 11.3. The minimum Gasteiger partial charge on any atom is -0.490 e. The molecule has 0 radical (unpaired) electrons. The molecule has 2 fully saturated rings. The lowest BCUT2D eigenvalue weighted by Crippen LogP contribution is -2.34. The van der Waals surface area contributed by atoms with Gasteiger partial charge in [-0.3, -0.25) is 9.69 Å². The Labute approximate surface area is 169 Å². The highest BCUT2D eigenvalue weighted by Gasteiger charge is 2.22. The molecule has 28 heavy (non-hydrogen) atoms. The molecule has 156 valence electrons. The summed E-state index contributed by atoms with van der Waals surface area (Å²) in [4.78, 5) is 14.4. The van der Waals surface area contributed by atoms with Crippen molar-refractivity contribution >= 4 is 5.91 Å². The summed E-state index contributed by atoms with van der Waals surface area (Å²) in [5.41, 5.74) is 1.31. The fourth-order valence-electron chi connectivity index (χ4n) is 4.33. The monoisotopic (exact) mass is 388 g/mol. The Morgan fingerprint density at radius 3 is 2.64 bits per heavy atom. The predicted molar refractivity (Wildman–Crippen MR) is 111 cm³/mol. The number of nitrogens with zero attached hydrogens (tertiary/aromatic N) is 1. The van der Waals surface area contributed by atoms with E-state index in [0.29, 0.717) is 31.6 Å². The van der Waals surface area contributed by atoms with Crippen molar-refractivity contribution in [2.45, 2.75) is 64.0 Å². The van der Waals surface area contributed by atoms with Gasteiger partial charge in [-0.1, -0.05) is 18.2 Å². The van der Waals surface area contributed by atoms with Crippen molar-refractivity contribution in [1.29, 1.82) is 0 Å². The first-order valence-electron chi connectivity index (χ1n) is 11.0. The number of carbonyl (C=O) groups is 1. The number of likely N-dealkylation sites (tertiary alicyclic amines) is 1. The summed E-state index contributed by atoms with van der Waals surface area (Å²) in [6, 6.07) is 8.53. The van der Waals surface area contributed by atoms with Crippen LogP contribution in [0, 0.1) is 5.92 Å². The smallest absolute Gasteiger partial charge is 0.220 e. The number of para-hydroxylation sites is 1. The molecular weight excluding hydrogens is 352 g/mol. The highest BCUT2D eigenvalue weighted by molar-refractivity contribution is 5.75. The molecule has 1 aliphatic carbocycles. The number of methoxy groups -OCH3 is 1. The average molecular weight is 389 g/mol. The zero-order valence-corrected chi connectivity index (χ0v) is 17.3. The van der Waals surface area contributed by atoms with Gasteiger partial charge in [0.15, 0.2) is 0 Å². The van der Waals surface area contributed by atoms with E-state index < -0.39 is 0 Å². The zero-order valence-electron chi connectivity index (χ0n) is 17.3. The van der Waals surface area contributed by atoms with Gasteiger partial charge in [0.2, 0.25) is 5.91 Å². The molecule has 0 spiro atoms. The summed E-state index contributed by atoms with van der Waals surface area (Å²) >= 11 is 0. The summed E-state index contributed by atoms with van der Waals surface area (Å²) in [6.45, 7) is 4.36. The molecule has 1 aromatic carbocycles. The Bertz CT molecular complexity index is 593. The maximum atomic E-state index is 11.9. The van der Waals surface area contributed by atoms with Crippen LogP contribution < -0.4 is 10.1 Å². The molecule has 5 heteroatoms. The van der Waals surface area contributed by atoms with Crippen LogP contribution in [0.3, 0.4) is 0 Å². The molecule has 0 atom stereocenters. The standard InChI is InChI=1S/C23H36N2O3/c1-27-17-14-24-23(26)11-10-19-12-15-25(16-13-19)18-20-6-2-5-9-22(20)28-21-7-3-4-8-21/h2,5-6,9,19,21H,3-4,7-8,10-18H2,1H3,(H,24,26). The molecule has 5 nitrogen and oxygen atoms in total. The van der Waals surface area contributed by atoms with Gasteiger partial charge in [0.05, 0.1) is 12.7 Å². The SMILES string of the molecule is COCCNC(=O)CCC1CCN(Cc2ccccc2OC2CCCC2)CC1. The van der Waals surface area contributed by atoms with Gasteiger partial charge in [0.25, 0.3) is 0 Å². The third-order valence-corrected chi connectivity index (χ3v) is 6.08. The van der Waals surface area contributed by atoms with Crippen LogP contribution >= 0.6 is 0 Å². The van der Waals surface area contributed by atoms with Crippen molar-refractivity contribution in [2.24, 2.45) is 5.92 Å². The van der Waals surface area contributed by atoms with E-state index in [-0.39, 0.29) is 5.91 Å². The minimum atomic E-state index is 0.150. The molecule has 1 saturated heterocycles. The number of rotatable bonds is 10. The van der Waals surface area contributed by atoms with E-state index in [1.807, 2.05) is 0 Å². The highest BCUT2D eigenvalue weighted by atomic mass is 16.5. The van der Waals surface area contributed by atoms with Crippen LogP contribution in [0.15, 0.2) is 24.3 Å². The number of carbonyl (C=O) groups excluding carboxylic acids is 1. The maximum Gasteiger partial charge on any atom is 0.220 e. The molecule has 1 aliphatic heterocycles. The molecule has 1 N–H and O–H groups in total. The first kappa shape index (κ1) is 21.1. The van der Waals surface area contributed by atoms with Crippen LogP contribution in [0.4, 0.5) is 0 Å². The maximum absolute atomic E-state index is 11.9. The Morgan fingerprint density at radius 1 is 1.14 bits per heavy atom. The number of hydrogen-bond donors (Lipinski definition) is 1. The van der Waals surface area contributed by atoms with Crippen molar-refractivity contribution in [3.8, 4) is 5.75 Å².